The maximum atomic E-state index is 13.9. The number of aromatic nitrogens is 3. The number of aryl methyl sites for hydroxylation is 3. The van der Waals surface area contributed by atoms with Gasteiger partial charge in [0.1, 0.15) is 18.4 Å². The average Bonchev–Trinajstić information content (AvgIpc) is 3.06. The second kappa shape index (κ2) is 12.3. The van der Waals surface area contributed by atoms with E-state index >= 15 is 0 Å². The van der Waals surface area contributed by atoms with Crippen molar-refractivity contribution in [3.8, 4) is 0 Å². The van der Waals surface area contributed by atoms with Crippen LogP contribution in [0.2, 0.25) is 0 Å². The maximum Gasteiger partial charge on any atom is 1.00 e. The number of phosphoric ester groups is 1. The predicted molar refractivity (Wildman–Crippen MR) is 118 cm³/mol. The smallest absolute Gasteiger partial charge is 0.790 e. The molecule has 4 aromatic rings. The number of rotatable bonds is 7. The number of fused-ring (bicyclic) bond motifs is 1. The van der Waals surface area contributed by atoms with Gasteiger partial charge in [0, 0.05) is 23.1 Å². The van der Waals surface area contributed by atoms with Crippen LogP contribution >= 0.6 is 7.82 Å². The van der Waals surface area contributed by atoms with Crippen LogP contribution in [0, 0.1) is 26.6 Å². The number of hydrogen-bond donors (Lipinski definition) is 2. The molecule has 0 aliphatic carbocycles. The first-order valence-corrected chi connectivity index (χ1v) is 11.4. The van der Waals surface area contributed by atoms with Crippen molar-refractivity contribution in [1.29, 1.82) is 0 Å². The second-order valence-corrected chi connectivity index (χ2v) is 8.74. The van der Waals surface area contributed by atoms with Crippen molar-refractivity contribution in [1.82, 2.24) is 14.5 Å². The first-order valence-electron chi connectivity index (χ1n) is 9.94. The summed E-state index contributed by atoms with van der Waals surface area (Å²) < 4.78 is 34.8. The molecule has 0 amide bonds. The van der Waals surface area contributed by atoms with Crippen molar-refractivity contribution in [2.45, 2.75) is 27.5 Å². The molecule has 0 unspecified atom stereocenters. The van der Waals surface area contributed by atoms with Crippen molar-refractivity contribution in [3.05, 3.63) is 69.6 Å². The predicted octanol–water partition coefficient (Wildman–Crippen LogP) is -3.25. The van der Waals surface area contributed by atoms with Gasteiger partial charge in [-0.15, -0.1) is 0 Å². The number of benzene rings is 2. The molecule has 2 aromatic carbocycles. The average molecular weight is 533 g/mol. The van der Waals surface area contributed by atoms with E-state index in [1.54, 1.807) is 45.2 Å². The summed E-state index contributed by atoms with van der Waals surface area (Å²) in [7, 11) is -5.28. The zero-order valence-electron chi connectivity index (χ0n) is 20.3. The third-order valence-corrected chi connectivity index (χ3v) is 5.37. The molecule has 0 atom stereocenters. The van der Waals surface area contributed by atoms with Crippen LogP contribution in [0.5, 0.6) is 0 Å². The summed E-state index contributed by atoms with van der Waals surface area (Å²) in [6, 6.07) is 7.95. The SMILES string of the molecule is Cc1cnc(Nc2cc(C)c(F)c(C)c2)nc1Nc1ccc2oc(=O)n(COP(=O)([O-])[O-])c2c1.[Na+].[Na+]. The number of nitrogens with one attached hydrogen (secondary N) is 2. The molecule has 2 N–H and O–H groups in total. The summed E-state index contributed by atoms with van der Waals surface area (Å²) in [4.78, 5) is 42.3. The Labute approximate surface area is 249 Å². The van der Waals surface area contributed by atoms with Gasteiger partial charge in [-0.05, 0) is 62.2 Å². The summed E-state index contributed by atoms with van der Waals surface area (Å²) in [5, 5.41) is 6.15. The molecule has 0 aliphatic rings. The van der Waals surface area contributed by atoms with Crippen molar-refractivity contribution in [2.24, 2.45) is 0 Å². The van der Waals surface area contributed by atoms with Crippen LogP contribution in [0.15, 0.2) is 45.7 Å². The zero-order valence-corrected chi connectivity index (χ0v) is 25.2. The third-order valence-electron chi connectivity index (χ3n) is 4.94. The molecular weight excluding hydrogens is 514 g/mol. The van der Waals surface area contributed by atoms with Crippen molar-refractivity contribution < 1.29 is 86.8 Å². The number of oxazole rings is 1. The van der Waals surface area contributed by atoms with Gasteiger partial charge in [-0.25, -0.2) is 18.7 Å². The van der Waals surface area contributed by atoms with Crippen molar-refractivity contribution in [3.63, 3.8) is 0 Å². The van der Waals surface area contributed by atoms with E-state index in [-0.39, 0.29) is 82.0 Å². The Morgan fingerprint density at radius 3 is 2.36 bits per heavy atom. The normalized spacial score (nSPS) is 11.1. The first kappa shape index (κ1) is 30.7. The largest absolute Gasteiger partial charge is 1.00 e. The molecule has 2 aromatic heterocycles. The van der Waals surface area contributed by atoms with E-state index in [1.165, 1.54) is 12.1 Å². The topological polar surface area (TPSA) is 157 Å². The minimum Gasteiger partial charge on any atom is -0.790 e. The van der Waals surface area contributed by atoms with E-state index in [1.807, 2.05) is 0 Å². The molecule has 0 saturated heterocycles. The molecule has 36 heavy (non-hydrogen) atoms. The summed E-state index contributed by atoms with van der Waals surface area (Å²) in [6.45, 7) is 4.31. The first-order chi connectivity index (χ1) is 16.0. The fourth-order valence-corrected chi connectivity index (χ4v) is 3.56. The molecule has 11 nitrogen and oxygen atoms in total. The molecule has 0 aliphatic heterocycles. The summed E-state index contributed by atoms with van der Waals surface area (Å²) in [6.07, 6.45) is 1.60. The fraction of sp³-hybridized carbons (Fsp3) is 0.190. The summed E-state index contributed by atoms with van der Waals surface area (Å²) in [5.74, 6) is -0.431. The summed E-state index contributed by atoms with van der Waals surface area (Å²) >= 11 is 0. The van der Waals surface area contributed by atoms with Crippen LogP contribution in [0.4, 0.5) is 27.5 Å². The minimum atomic E-state index is -5.28. The number of phosphoric acid groups is 1. The summed E-state index contributed by atoms with van der Waals surface area (Å²) in [5.41, 5.74) is 3.20. The van der Waals surface area contributed by atoms with Gasteiger partial charge in [0.15, 0.2) is 5.58 Å². The molecule has 0 bridgehead atoms. The van der Waals surface area contributed by atoms with E-state index < -0.39 is 20.3 Å². The number of hydrogen-bond acceptors (Lipinski definition) is 10. The Balaban J connectivity index is 0.00000228. The van der Waals surface area contributed by atoms with Gasteiger partial charge in [-0.3, -0.25) is 0 Å². The Morgan fingerprint density at radius 1 is 1.06 bits per heavy atom. The number of halogens is 1. The maximum absolute atomic E-state index is 13.9. The van der Waals surface area contributed by atoms with Crippen LogP contribution in [-0.2, 0) is 15.8 Å². The Morgan fingerprint density at radius 2 is 1.72 bits per heavy atom. The minimum absolute atomic E-state index is 0. The quantitative estimate of drug-likeness (QED) is 0.183. The molecule has 2 heterocycles. The van der Waals surface area contributed by atoms with E-state index in [9.17, 15) is 23.5 Å². The Hall–Kier alpha value is -1.57. The Bertz CT molecular complexity index is 1480. The van der Waals surface area contributed by atoms with Gasteiger partial charge in [0.2, 0.25) is 5.95 Å². The monoisotopic (exact) mass is 533 g/mol. The van der Waals surface area contributed by atoms with Crippen LogP contribution in [0.3, 0.4) is 0 Å². The molecule has 15 heteroatoms. The molecule has 0 spiro atoms. The van der Waals surface area contributed by atoms with Crippen LogP contribution in [0.25, 0.3) is 11.1 Å². The van der Waals surface area contributed by atoms with Gasteiger partial charge in [-0.2, -0.15) is 4.98 Å². The Kier molecular flexibility index (Phi) is 10.5. The molecular formula is C21H19FN5Na2O6P. The standard InChI is InChI=1S/C21H21FN5O6P.2Na/c1-11-6-15(7-12(2)18(11)22)25-20-23-9-13(3)19(26-20)24-14-4-5-17-16(8-14)27(21(28)33-17)10-32-34(29,30)31;;/h4-9H,10H2,1-3H3,(H2,29,30,31)(H2,23,24,25,26);;/q;2*+1/p-2. The van der Waals surface area contributed by atoms with Gasteiger partial charge in [-0.1, -0.05) is 0 Å². The van der Waals surface area contributed by atoms with Crippen LogP contribution < -0.4 is 85.3 Å². The van der Waals surface area contributed by atoms with E-state index in [4.69, 9.17) is 4.42 Å². The zero-order chi connectivity index (χ0) is 24.6. The van der Waals surface area contributed by atoms with E-state index in [2.05, 4.69) is 25.1 Å². The number of nitrogens with zero attached hydrogens (tertiary/aromatic N) is 3. The van der Waals surface area contributed by atoms with Gasteiger partial charge in [0.25, 0.3) is 0 Å². The van der Waals surface area contributed by atoms with Crippen LogP contribution in [-0.4, -0.2) is 14.5 Å². The second-order valence-electron chi connectivity index (χ2n) is 7.58. The molecule has 0 radical (unpaired) electrons. The van der Waals surface area contributed by atoms with Crippen molar-refractivity contribution in [2.75, 3.05) is 10.6 Å². The van der Waals surface area contributed by atoms with Gasteiger partial charge >= 0.3 is 64.9 Å². The van der Waals surface area contributed by atoms with Crippen molar-refractivity contribution >= 4 is 42.1 Å². The number of anilines is 4. The molecule has 4 rings (SSSR count). The van der Waals surface area contributed by atoms with Gasteiger partial charge in [0.05, 0.1) is 13.3 Å². The van der Waals surface area contributed by atoms with E-state index in [0.717, 1.165) is 4.57 Å². The fourth-order valence-electron chi connectivity index (χ4n) is 3.30. The van der Waals surface area contributed by atoms with Gasteiger partial charge < -0.3 is 33.9 Å². The third kappa shape index (κ3) is 7.26. The molecule has 178 valence electrons. The van der Waals surface area contributed by atoms with E-state index in [0.29, 0.717) is 33.9 Å². The molecule has 0 saturated carbocycles. The molecule has 0 fully saturated rings. The van der Waals surface area contributed by atoms with Crippen LogP contribution in [0.1, 0.15) is 16.7 Å².